The van der Waals surface area contributed by atoms with Crippen molar-refractivity contribution in [2.45, 2.75) is 0 Å². The Labute approximate surface area is 69.6 Å². The number of primary amides is 1. The first kappa shape index (κ1) is 7.59. The van der Waals surface area contributed by atoms with Crippen LogP contribution >= 0.6 is 0 Å². The molecule has 0 aliphatic heterocycles. The van der Waals surface area contributed by atoms with E-state index in [2.05, 4.69) is 0 Å². The molecule has 3 heteroatoms. The van der Waals surface area contributed by atoms with Gasteiger partial charge in [0.2, 0.25) is 0 Å². The second-order valence-electron chi connectivity index (χ2n) is 1.86. The summed E-state index contributed by atoms with van der Waals surface area (Å²) in [6.07, 6.45) is 0. The standard InChI is InChI=1S/C6H5.CH2NO.Sn/c1-2-4-6-5-3-1;2-1-3;/h1-5H;(H2,2,3);. The first-order valence-electron chi connectivity index (χ1n) is 2.90. The van der Waals surface area contributed by atoms with Gasteiger partial charge in [-0.05, 0) is 0 Å². The first-order valence-corrected chi connectivity index (χ1v) is 5.76. The van der Waals surface area contributed by atoms with Crippen molar-refractivity contribution in [3.05, 3.63) is 30.3 Å². The van der Waals surface area contributed by atoms with Gasteiger partial charge in [-0.25, -0.2) is 0 Å². The van der Waals surface area contributed by atoms with Gasteiger partial charge in [-0.2, -0.15) is 0 Å². The number of nitrogens with two attached hydrogens (primary N) is 1. The van der Waals surface area contributed by atoms with Crippen LogP contribution in [0, 0.1) is 0 Å². The molecule has 1 amide bonds. The van der Waals surface area contributed by atoms with Crippen LogP contribution in [0.3, 0.4) is 0 Å². The Kier molecular flexibility index (Phi) is 2.74. The van der Waals surface area contributed by atoms with Crippen LogP contribution in [0.5, 0.6) is 0 Å². The summed E-state index contributed by atoms with van der Waals surface area (Å²) < 4.78 is 1.02. The molecule has 0 fully saturated rings. The van der Waals surface area contributed by atoms with Gasteiger partial charge < -0.3 is 0 Å². The van der Waals surface area contributed by atoms with Gasteiger partial charge in [0, 0.05) is 0 Å². The van der Waals surface area contributed by atoms with Gasteiger partial charge in [-0.15, -0.1) is 0 Å². The van der Waals surface area contributed by atoms with Crippen molar-refractivity contribution >= 4 is 28.6 Å². The maximum atomic E-state index is 10.5. The third-order valence-corrected chi connectivity index (χ3v) is 3.52. The summed E-state index contributed by atoms with van der Waals surface area (Å²) in [6, 6.07) is 9.70. The molecule has 0 unspecified atom stereocenters. The Morgan fingerprint density at radius 1 is 1.30 bits per heavy atom. The molecule has 50 valence electrons. The summed E-state index contributed by atoms with van der Waals surface area (Å²) in [5.41, 5.74) is 5.06. The predicted octanol–water partition coefficient (Wildman–Crippen LogP) is 0.0948. The molecule has 10 heavy (non-hydrogen) atoms. The van der Waals surface area contributed by atoms with Crippen molar-refractivity contribution in [3.63, 3.8) is 0 Å². The van der Waals surface area contributed by atoms with E-state index in [9.17, 15) is 4.79 Å². The molecular weight excluding hydrogens is 233 g/mol. The number of carbonyl (C=O) groups excluding carboxylic acids is 1. The van der Waals surface area contributed by atoms with Crippen molar-refractivity contribution in [2.24, 2.45) is 5.73 Å². The number of benzene rings is 1. The van der Waals surface area contributed by atoms with Crippen LogP contribution in [-0.2, 0) is 0 Å². The van der Waals surface area contributed by atoms with E-state index < -0.39 is 21.1 Å². The molecule has 0 saturated carbocycles. The number of hydrogen-bond acceptors (Lipinski definition) is 1. The van der Waals surface area contributed by atoms with E-state index in [4.69, 9.17) is 5.73 Å². The van der Waals surface area contributed by atoms with Gasteiger partial charge in [0.1, 0.15) is 0 Å². The minimum atomic E-state index is -1.10. The van der Waals surface area contributed by atoms with Gasteiger partial charge in [0.25, 0.3) is 0 Å². The number of rotatable bonds is 2. The average molecular weight is 240 g/mol. The van der Waals surface area contributed by atoms with E-state index in [1.807, 2.05) is 30.3 Å². The van der Waals surface area contributed by atoms with Crippen LogP contribution in [0.15, 0.2) is 30.3 Å². The summed E-state index contributed by atoms with van der Waals surface area (Å²) in [5, 5.41) is 0. The molecule has 2 radical (unpaired) electrons. The molecule has 1 aromatic rings. The van der Waals surface area contributed by atoms with Crippen LogP contribution in [0.2, 0.25) is 0 Å². The summed E-state index contributed by atoms with van der Waals surface area (Å²) in [4.78, 5) is 10.5. The van der Waals surface area contributed by atoms with E-state index in [-0.39, 0.29) is 3.92 Å². The fraction of sp³-hybridized carbons (Fsp3) is 0. The van der Waals surface area contributed by atoms with E-state index >= 15 is 0 Å². The fourth-order valence-corrected chi connectivity index (χ4v) is 2.50. The molecule has 0 saturated heterocycles. The van der Waals surface area contributed by atoms with Crippen molar-refractivity contribution in [1.29, 1.82) is 0 Å². The Morgan fingerprint density at radius 2 is 1.90 bits per heavy atom. The summed E-state index contributed by atoms with van der Waals surface area (Å²) >= 11 is -1.10. The summed E-state index contributed by atoms with van der Waals surface area (Å²) in [5.74, 6) is 0. The molecule has 0 aromatic heterocycles. The summed E-state index contributed by atoms with van der Waals surface area (Å²) in [6.45, 7) is 0. The van der Waals surface area contributed by atoms with Crippen molar-refractivity contribution in [2.75, 3.05) is 0 Å². The molecular formula is C7H7NOSn. The second kappa shape index (κ2) is 3.61. The van der Waals surface area contributed by atoms with Gasteiger partial charge in [-0.3, -0.25) is 0 Å². The molecule has 0 bridgehead atoms. The van der Waals surface area contributed by atoms with Crippen LogP contribution in [0.1, 0.15) is 0 Å². The number of amides is 1. The topological polar surface area (TPSA) is 43.1 Å². The van der Waals surface area contributed by atoms with E-state index in [0.29, 0.717) is 0 Å². The molecule has 0 aliphatic carbocycles. The van der Waals surface area contributed by atoms with Crippen molar-refractivity contribution in [3.8, 4) is 0 Å². The van der Waals surface area contributed by atoms with Crippen LogP contribution in [-0.4, -0.2) is 25.1 Å². The Hall–Kier alpha value is -0.511. The van der Waals surface area contributed by atoms with E-state index in [0.717, 1.165) is 3.58 Å². The predicted molar refractivity (Wildman–Crippen MR) is 41.4 cm³/mol. The Bertz CT molecular complexity index is 222. The molecule has 1 aromatic carbocycles. The molecule has 0 spiro atoms. The van der Waals surface area contributed by atoms with Crippen LogP contribution < -0.4 is 9.31 Å². The third kappa shape index (κ3) is 2.39. The minimum absolute atomic E-state index is 0.116. The Morgan fingerprint density at radius 3 is 2.40 bits per heavy atom. The first-order chi connectivity index (χ1) is 4.79. The zero-order chi connectivity index (χ0) is 7.40. The van der Waals surface area contributed by atoms with Gasteiger partial charge >= 0.3 is 69.5 Å². The molecule has 0 aliphatic rings. The summed E-state index contributed by atoms with van der Waals surface area (Å²) in [7, 11) is 0. The number of carbonyl (C=O) groups is 1. The van der Waals surface area contributed by atoms with Crippen molar-refractivity contribution < 1.29 is 4.79 Å². The number of hydrogen-bond donors (Lipinski definition) is 1. The second-order valence-corrected chi connectivity index (χ2v) is 5.62. The Balaban J connectivity index is 2.67. The molecule has 1 rings (SSSR count). The van der Waals surface area contributed by atoms with Crippen LogP contribution in [0.4, 0.5) is 4.79 Å². The molecule has 2 N–H and O–H groups in total. The van der Waals surface area contributed by atoms with Crippen molar-refractivity contribution in [1.82, 2.24) is 0 Å². The third-order valence-electron chi connectivity index (χ3n) is 1.04. The van der Waals surface area contributed by atoms with Gasteiger partial charge in [0.05, 0.1) is 0 Å². The normalized spacial score (nSPS) is 9.20. The molecule has 2 nitrogen and oxygen atoms in total. The quantitative estimate of drug-likeness (QED) is 0.731. The maximum absolute atomic E-state index is 10.5. The van der Waals surface area contributed by atoms with Gasteiger partial charge in [-0.1, -0.05) is 0 Å². The average Bonchev–Trinajstić information content (AvgIpc) is 1.88. The molecule has 0 atom stereocenters. The van der Waals surface area contributed by atoms with E-state index in [1.54, 1.807) is 0 Å². The van der Waals surface area contributed by atoms with Gasteiger partial charge in [0.15, 0.2) is 0 Å². The van der Waals surface area contributed by atoms with Crippen LogP contribution in [0.25, 0.3) is 0 Å². The van der Waals surface area contributed by atoms with E-state index in [1.165, 1.54) is 0 Å². The SMILES string of the molecule is N[C](=O)[Sn][c]1ccccc1. The zero-order valence-electron chi connectivity index (χ0n) is 5.37. The fourth-order valence-electron chi connectivity index (χ4n) is 0.664. The molecule has 0 heterocycles. The zero-order valence-corrected chi connectivity index (χ0v) is 8.23. The monoisotopic (exact) mass is 241 g/mol.